The molecule has 0 aromatic carbocycles. The summed E-state index contributed by atoms with van der Waals surface area (Å²) in [5.74, 6) is 0.101. The molecule has 1 fully saturated rings. The number of carbonyl (C=O) groups is 1. The minimum Gasteiger partial charge on any atom is -0.356 e. The Morgan fingerprint density at radius 3 is 2.59 bits per heavy atom. The fraction of sp³-hybridized carbons (Fsp3) is 0.923. The molecule has 1 aliphatic heterocycles. The lowest BCUT2D eigenvalue weighted by Gasteiger charge is -2.25. The number of likely N-dealkylation sites (tertiary alicyclic amines) is 1. The van der Waals surface area contributed by atoms with Crippen molar-refractivity contribution in [1.82, 2.24) is 10.2 Å². The van der Waals surface area contributed by atoms with Crippen LogP contribution >= 0.6 is 0 Å². The summed E-state index contributed by atoms with van der Waals surface area (Å²) >= 11 is 0. The van der Waals surface area contributed by atoms with Gasteiger partial charge < -0.3 is 16.0 Å². The number of amides is 1. The molecule has 1 rings (SSSR count). The highest BCUT2D eigenvalue weighted by molar-refractivity contribution is 5.82. The van der Waals surface area contributed by atoms with Gasteiger partial charge in [-0.2, -0.15) is 0 Å². The first kappa shape index (κ1) is 14.5. The van der Waals surface area contributed by atoms with Crippen LogP contribution in [0.25, 0.3) is 0 Å². The van der Waals surface area contributed by atoms with Crippen LogP contribution in [0, 0.1) is 5.41 Å². The summed E-state index contributed by atoms with van der Waals surface area (Å²) in [7, 11) is 0. The van der Waals surface area contributed by atoms with E-state index in [1.807, 2.05) is 13.8 Å². The predicted molar refractivity (Wildman–Crippen MR) is 70.8 cm³/mol. The Hall–Kier alpha value is -0.610. The fourth-order valence-corrected chi connectivity index (χ4v) is 2.12. The van der Waals surface area contributed by atoms with Gasteiger partial charge in [-0.15, -0.1) is 0 Å². The van der Waals surface area contributed by atoms with Gasteiger partial charge in [-0.25, -0.2) is 0 Å². The van der Waals surface area contributed by atoms with Gasteiger partial charge in [-0.05, 0) is 52.2 Å². The average Bonchev–Trinajstić information content (AvgIpc) is 2.86. The van der Waals surface area contributed by atoms with Crippen molar-refractivity contribution < 1.29 is 4.79 Å². The maximum absolute atomic E-state index is 11.9. The van der Waals surface area contributed by atoms with Crippen molar-refractivity contribution in [2.24, 2.45) is 11.1 Å². The first-order valence-corrected chi connectivity index (χ1v) is 6.83. The van der Waals surface area contributed by atoms with Gasteiger partial charge in [-0.1, -0.05) is 6.92 Å². The molecule has 1 unspecified atom stereocenters. The number of nitrogens with one attached hydrogen (secondary N) is 1. The number of carbonyl (C=O) groups excluding carboxylic acids is 1. The van der Waals surface area contributed by atoms with Gasteiger partial charge in [0, 0.05) is 13.1 Å². The van der Waals surface area contributed by atoms with Crippen molar-refractivity contribution in [3.05, 3.63) is 0 Å². The van der Waals surface area contributed by atoms with Gasteiger partial charge in [0.2, 0.25) is 5.91 Å². The van der Waals surface area contributed by atoms with Gasteiger partial charge in [-0.3, -0.25) is 4.79 Å². The van der Waals surface area contributed by atoms with Gasteiger partial charge in [0.15, 0.2) is 0 Å². The number of rotatable bonds is 7. The Morgan fingerprint density at radius 2 is 2.06 bits per heavy atom. The quantitative estimate of drug-likeness (QED) is 0.653. The first-order valence-electron chi connectivity index (χ1n) is 6.83. The van der Waals surface area contributed by atoms with E-state index in [0.29, 0.717) is 6.54 Å². The van der Waals surface area contributed by atoms with Crippen molar-refractivity contribution in [2.45, 2.75) is 39.5 Å². The molecular formula is C13H27N3O. The van der Waals surface area contributed by atoms with Gasteiger partial charge in [0.1, 0.15) is 0 Å². The number of hydrogen-bond acceptors (Lipinski definition) is 3. The van der Waals surface area contributed by atoms with Crippen molar-refractivity contribution in [3.63, 3.8) is 0 Å². The summed E-state index contributed by atoms with van der Waals surface area (Å²) in [5, 5.41) is 3.00. The largest absolute Gasteiger partial charge is 0.356 e. The predicted octanol–water partition coefficient (Wildman–Crippen LogP) is 0.964. The lowest BCUT2D eigenvalue weighted by molar-refractivity contribution is -0.129. The second-order valence-electron chi connectivity index (χ2n) is 5.28. The molecule has 1 amide bonds. The molecule has 0 aromatic heterocycles. The normalized spacial score (nSPS) is 20.2. The standard InChI is InChI=1S/C13H27N3O/c1-3-13(2,11-14)12(17)15-7-6-10-16-8-4-5-9-16/h3-11,14H2,1-2H3,(H,15,17). The number of nitrogens with zero attached hydrogens (tertiary/aromatic N) is 1. The second kappa shape index (κ2) is 6.97. The van der Waals surface area contributed by atoms with Crippen LogP contribution in [0.15, 0.2) is 0 Å². The Kier molecular flexibility index (Phi) is 5.92. The summed E-state index contributed by atoms with van der Waals surface area (Å²) in [6.45, 7) is 8.68. The average molecular weight is 241 g/mol. The number of nitrogens with two attached hydrogens (primary N) is 1. The molecule has 3 N–H and O–H groups in total. The summed E-state index contributed by atoms with van der Waals surface area (Å²) < 4.78 is 0. The summed E-state index contributed by atoms with van der Waals surface area (Å²) in [5.41, 5.74) is 5.26. The molecule has 17 heavy (non-hydrogen) atoms. The molecule has 0 radical (unpaired) electrons. The minimum absolute atomic E-state index is 0.101. The lowest BCUT2D eigenvalue weighted by atomic mass is 9.87. The van der Waals surface area contributed by atoms with Crippen molar-refractivity contribution >= 4 is 5.91 Å². The van der Waals surface area contributed by atoms with Crippen LogP contribution in [-0.4, -0.2) is 43.5 Å². The molecule has 1 atom stereocenters. The van der Waals surface area contributed by atoms with E-state index in [2.05, 4.69) is 10.2 Å². The van der Waals surface area contributed by atoms with E-state index in [9.17, 15) is 4.79 Å². The highest BCUT2D eigenvalue weighted by Crippen LogP contribution is 2.18. The monoisotopic (exact) mass is 241 g/mol. The van der Waals surface area contributed by atoms with Gasteiger partial charge in [0.05, 0.1) is 5.41 Å². The second-order valence-corrected chi connectivity index (χ2v) is 5.28. The topological polar surface area (TPSA) is 58.4 Å². The molecule has 0 bridgehead atoms. The van der Waals surface area contributed by atoms with Crippen LogP contribution in [0.2, 0.25) is 0 Å². The first-order chi connectivity index (χ1) is 8.12. The highest BCUT2D eigenvalue weighted by Gasteiger charge is 2.29. The molecule has 100 valence electrons. The van der Waals surface area contributed by atoms with E-state index in [0.717, 1.165) is 25.9 Å². The van der Waals surface area contributed by atoms with E-state index in [1.54, 1.807) is 0 Å². The maximum Gasteiger partial charge on any atom is 0.227 e. The molecular weight excluding hydrogens is 214 g/mol. The molecule has 1 saturated heterocycles. The fourth-order valence-electron chi connectivity index (χ4n) is 2.12. The Labute approximate surface area is 105 Å². The highest BCUT2D eigenvalue weighted by atomic mass is 16.2. The zero-order valence-corrected chi connectivity index (χ0v) is 11.3. The molecule has 4 heteroatoms. The van der Waals surface area contributed by atoms with Crippen LogP contribution in [0.5, 0.6) is 0 Å². The number of hydrogen-bond donors (Lipinski definition) is 2. The van der Waals surface area contributed by atoms with E-state index in [4.69, 9.17) is 5.73 Å². The molecule has 4 nitrogen and oxygen atoms in total. The van der Waals surface area contributed by atoms with Crippen molar-refractivity contribution in [2.75, 3.05) is 32.7 Å². The van der Waals surface area contributed by atoms with E-state index in [1.165, 1.54) is 25.9 Å². The van der Waals surface area contributed by atoms with Crippen LogP contribution in [0.4, 0.5) is 0 Å². The SMILES string of the molecule is CCC(C)(CN)C(=O)NCCCN1CCCC1. The van der Waals surface area contributed by atoms with Crippen molar-refractivity contribution in [1.29, 1.82) is 0 Å². The van der Waals surface area contributed by atoms with Crippen molar-refractivity contribution in [3.8, 4) is 0 Å². The molecule has 1 aliphatic rings. The van der Waals surface area contributed by atoms with E-state index < -0.39 is 5.41 Å². The van der Waals surface area contributed by atoms with E-state index >= 15 is 0 Å². The zero-order chi connectivity index (χ0) is 12.7. The summed E-state index contributed by atoms with van der Waals surface area (Å²) in [4.78, 5) is 14.4. The smallest absolute Gasteiger partial charge is 0.227 e. The van der Waals surface area contributed by atoms with Gasteiger partial charge in [0.25, 0.3) is 0 Å². The zero-order valence-electron chi connectivity index (χ0n) is 11.3. The van der Waals surface area contributed by atoms with Gasteiger partial charge >= 0.3 is 0 Å². The van der Waals surface area contributed by atoms with Crippen LogP contribution in [-0.2, 0) is 4.79 Å². The van der Waals surface area contributed by atoms with Crippen LogP contribution < -0.4 is 11.1 Å². The molecule has 0 saturated carbocycles. The molecule has 1 heterocycles. The third-order valence-electron chi connectivity index (χ3n) is 3.91. The molecule has 0 aliphatic carbocycles. The molecule has 0 spiro atoms. The summed E-state index contributed by atoms with van der Waals surface area (Å²) in [6, 6.07) is 0. The maximum atomic E-state index is 11.9. The van der Waals surface area contributed by atoms with Crippen LogP contribution in [0.3, 0.4) is 0 Å². The summed E-state index contributed by atoms with van der Waals surface area (Å²) in [6.07, 6.45) is 4.48. The van der Waals surface area contributed by atoms with Crippen LogP contribution in [0.1, 0.15) is 39.5 Å². The third kappa shape index (κ3) is 4.28. The minimum atomic E-state index is -0.395. The Balaban J connectivity index is 2.14. The van der Waals surface area contributed by atoms with E-state index in [-0.39, 0.29) is 5.91 Å². The Morgan fingerprint density at radius 1 is 1.41 bits per heavy atom. The lowest BCUT2D eigenvalue weighted by Crippen LogP contribution is -2.44. The third-order valence-corrected chi connectivity index (χ3v) is 3.91. The Bertz CT molecular complexity index is 233. The molecule has 0 aromatic rings.